The highest BCUT2D eigenvalue weighted by molar-refractivity contribution is 6.39. The number of anilines is 1. The highest BCUT2D eigenvalue weighted by Gasteiger charge is 2.13. The van der Waals surface area contributed by atoms with E-state index in [1.54, 1.807) is 30.3 Å². The van der Waals surface area contributed by atoms with Gasteiger partial charge >= 0.3 is 11.8 Å². The van der Waals surface area contributed by atoms with E-state index in [1.165, 1.54) is 13.3 Å². The number of hydrogen-bond donors (Lipinski definition) is 3. The zero-order valence-electron chi connectivity index (χ0n) is 20.3. The zero-order chi connectivity index (χ0) is 25.9. The van der Waals surface area contributed by atoms with Gasteiger partial charge in [0.05, 0.1) is 13.3 Å². The molecule has 0 aliphatic carbocycles. The first kappa shape index (κ1) is 26.0. The van der Waals surface area contributed by atoms with Gasteiger partial charge in [-0.2, -0.15) is 5.10 Å². The minimum absolute atomic E-state index is 0.178. The summed E-state index contributed by atoms with van der Waals surface area (Å²) in [6.07, 6.45) is 1.36. The van der Waals surface area contributed by atoms with Crippen LogP contribution < -0.4 is 25.5 Å². The molecule has 3 aromatic carbocycles. The summed E-state index contributed by atoms with van der Waals surface area (Å²) in [6, 6.07) is 19.8. The van der Waals surface area contributed by atoms with Gasteiger partial charge in [-0.1, -0.05) is 36.4 Å². The van der Waals surface area contributed by atoms with E-state index in [0.29, 0.717) is 29.3 Å². The van der Waals surface area contributed by atoms with Crippen LogP contribution in [0.2, 0.25) is 0 Å². The normalized spacial score (nSPS) is 10.5. The molecular weight excluding hydrogens is 460 g/mol. The molecule has 0 bridgehead atoms. The molecular formula is C27H28N4O5. The van der Waals surface area contributed by atoms with Crippen molar-refractivity contribution in [3.63, 3.8) is 0 Å². The van der Waals surface area contributed by atoms with Crippen LogP contribution in [0.4, 0.5) is 5.69 Å². The second-order valence-electron chi connectivity index (χ2n) is 7.91. The highest BCUT2D eigenvalue weighted by atomic mass is 16.5. The Bertz CT molecular complexity index is 1260. The number of carbonyl (C=O) groups excluding carboxylic acids is 3. The number of hydrogen-bond acceptors (Lipinski definition) is 6. The van der Waals surface area contributed by atoms with Crippen molar-refractivity contribution in [2.24, 2.45) is 5.10 Å². The Balaban J connectivity index is 1.49. The molecule has 3 aromatic rings. The van der Waals surface area contributed by atoms with Crippen molar-refractivity contribution in [3.8, 4) is 11.5 Å². The van der Waals surface area contributed by atoms with Crippen LogP contribution in [-0.2, 0) is 20.9 Å². The number of carbonyl (C=O) groups is 3. The van der Waals surface area contributed by atoms with Gasteiger partial charge in [0.1, 0.15) is 0 Å². The maximum absolute atomic E-state index is 12.1. The third-order valence-electron chi connectivity index (χ3n) is 5.23. The molecule has 3 amide bonds. The number of hydrazone groups is 1. The molecule has 36 heavy (non-hydrogen) atoms. The Hall–Kier alpha value is -4.66. The van der Waals surface area contributed by atoms with Crippen LogP contribution in [0.15, 0.2) is 71.8 Å². The molecule has 9 nitrogen and oxygen atoms in total. The van der Waals surface area contributed by atoms with Gasteiger partial charge in [0, 0.05) is 12.2 Å². The molecule has 0 spiro atoms. The zero-order valence-corrected chi connectivity index (χ0v) is 20.3. The second kappa shape index (κ2) is 12.7. The van der Waals surface area contributed by atoms with Crippen molar-refractivity contribution in [1.29, 1.82) is 0 Å². The first-order valence-corrected chi connectivity index (χ1v) is 11.2. The maximum atomic E-state index is 12.1. The molecule has 186 valence electrons. The summed E-state index contributed by atoms with van der Waals surface area (Å²) in [5.41, 5.74) is 6.37. The van der Waals surface area contributed by atoms with E-state index in [-0.39, 0.29) is 12.5 Å². The van der Waals surface area contributed by atoms with Gasteiger partial charge in [0.2, 0.25) is 0 Å². The van der Waals surface area contributed by atoms with Crippen LogP contribution in [0.25, 0.3) is 0 Å². The molecule has 3 rings (SSSR count). The Kier molecular flexibility index (Phi) is 9.16. The van der Waals surface area contributed by atoms with E-state index >= 15 is 0 Å². The average Bonchev–Trinajstić information content (AvgIpc) is 2.89. The molecule has 0 saturated heterocycles. The number of amides is 3. The summed E-state index contributed by atoms with van der Waals surface area (Å²) in [5, 5.41) is 9.14. The minimum Gasteiger partial charge on any atom is -0.493 e. The van der Waals surface area contributed by atoms with Crippen LogP contribution in [0.5, 0.6) is 11.5 Å². The van der Waals surface area contributed by atoms with Crippen LogP contribution in [0.3, 0.4) is 0 Å². The van der Waals surface area contributed by atoms with E-state index in [1.807, 2.05) is 50.2 Å². The summed E-state index contributed by atoms with van der Waals surface area (Å²) < 4.78 is 10.9. The summed E-state index contributed by atoms with van der Waals surface area (Å²) in [5.74, 6) is -1.25. The van der Waals surface area contributed by atoms with Crippen LogP contribution in [0.1, 0.15) is 22.3 Å². The summed E-state index contributed by atoms with van der Waals surface area (Å²) in [7, 11) is 1.47. The fraction of sp³-hybridized carbons (Fsp3) is 0.185. The standard InChI is InChI=1S/C27H28N4O5/c1-18-9-11-22(13-19(18)2)30-26(33)27(34)31-29-16-21-10-12-23(24(14-21)35-3)36-17-25(32)28-15-20-7-5-4-6-8-20/h4-14,16H,15,17H2,1-3H3,(H,28,32)(H,30,33)(H,31,34)/b29-16-. The Morgan fingerprint density at radius 3 is 2.39 bits per heavy atom. The lowest BCUT2D eigenvalue weighted by Gasteiger charge is -2.11. The highest BCUT2D eigenvalue weighted by Crippen LogP contribution is 2.27. The molecule has 0 unspecified atom stereocenters. The summed E-state index contributed by atoms with van der Waals surface area (Å²) in [4.78, 5) is 36.2. The minimum atomic E-state index is -0.905. The van der Waals surface area contributed by atoms with E-state index < -0.39 is 11.8 Å². The fourth-order valence-corrected chi connectivity index (χ4v) is 3.10. The lowest BCUT2D eigenvalue weighted by molar-refractivity contribution is -0.136. The molecule has 0 aromatic heterocycles. The van der Waals surface area contributed by atoms with Gasteiger partial charge < -0.3 is 20.1 Å². The lowest BCUT2D eigenvalue weighted by Crippen LogP contribution is -2.32. The maximum Gasteiger partial charge on any atom is 0.329 e. The first-order valence-electron chi connectivity index (χ1n) is 11.2. The van der Waals surface area contributed by atoms with Gasteiger partial charge in [0.25, 0.3) is 5.91 Å². The number of benzene rings is 3. The summed E-state index contributed by atoms with van der Waals surface area (Å²) >= 11 is 0. The molecule has 0 aliphatic heterocycles. The van der Waals surface area contributed by atoms with Crippen molar-refractivity contribution in [3.05, 3.63) is 89.0 Å². The Morgan fingerprint density at radius 2 is 1.67 bits per heavy atom. The third-order valence-corrected chi connectivity index (χ3v) is 5.23. The molecule has 0 fully saturated rings. The molecule has 3 N–H and O–H groups in total. The van der Waals surface area contributed by atoms with Crippen LogP contribution in [-0.4, -0.2) is 37.7 Å². The van der Waals surface area contributed by atoms with Crippen LogP contribution >= 0.6 is 0 Å². The quantitative estimate of drug-likeness (QED) is 0.243. The molecule has 0 heterocycles. The predicted molar refractivity (Wildman–Crippen MR) is 137 cm³/mol. The van der Waals surface area contributed by atoms with Gasteiger partial charge in [-0.25, -0.2) is 5.43 Å². The number of nitrogens with zero attached hydrogens (tertiary/aromatic N) is 1. The topological polar surface area (TPSA) is 118 Å². The monoisotopic (exact) mass is 488 g/mol. The predicted octanol–water partition coefficient (Wildman–Crippen LogP) is 3.10. The third kappa shape index (κ3) is 7.69. The molecule has 0 saturated carbocycles. The van der Waals surface area contributed by atoms with E-state index in [0.717, 1.165) is 16.7 Å². The fourth-order valence-electron chi connectivity index (χ4n) is 3.10. The van der Waals surface area contributed by atoms with Gasteiger partial charge in [-0.3, -0.25) is 14.4 Å². The van der Waals surface area contributed by atoms with Crippen LogP contribution in [0, 0.1) is 13.8 Å². The SMILES string of the molecule is COc1cc(/C=N\NC(=O)C(=O)Nc2ccc(C)c(C)c2)ccc1OCC(=O)NCc1ccccc1. The summed E-state index contributed by atoms with van der Waals surface area (Å²) in [6.45, 7) is 4.10. The number of methoxy groups -OCH3 is 1. The second-order valence-corrected chi connectivity index (χ2v) is 7.91. The number of aryl methyl sites for hydroxylation is 2. The van der Waals surface area contributed by atoms with Crippen molar-refractivity contribution >= 4 is 29.6 Å². The van der Waals surface area contributed by atoms with Gasteiger partial charge in [0.15, 0.2) is 18.1 Å². The smallest absolute Gasteiger partial charge is 0.329 e. The average molecular weight is 489 g/mol. The van der Waals surface area contributed by atoms with E-state index in [4.69, 9.17) is 9.47 Å². The van der Waals surface area contributed by atoms with Crippen molar-refractivity contribution in [2.45, 2.75) is 20.4 Å². The Labute approximate surface area is 209 Å². The largest absolute Gasteiger partial charge is 0.493 e. The Morgan fingerprint density at radius 1 is 0.889 bits per heavy atom. The number of rotatable bonds is 9. The van der Waals surface area contributed by atoms with Crippen molar-refractivity contribution in [1.82, 2.24) is 10.7 Å². The van der Waals surface area contributed by atoms with Gasteiger partial charge in [-0.05, 0) is 66.4 Å². The first-order chi connectivity index (χ1) is 17.4. The molecule has 9 heteroatoms. The number of ether oxygens (including phenoxy) is 2. The van der Waals surface area contributed by atoms with E-state index in [9.17, 15) is 14.4 Å². The molecule has 0 aliphatic rings. The molecule has 0 radical (unpaired) electrons. The number of nitrogens with one attached hydrogen (secondary N) is 3. The lowest BCUT2D eigenvalue weighted by atomic mass is 10.1. The van der Waals surface area contributed by atoms with Crippen molar-refractivity contribution < 1.29 is 23.9 Å². The molecule has 0 atom stereocenters. The van der Waals surface area contributed by atoms with Crippen molar-refractivity contribution in [2.75, 3.05) is 19.0 Å². The van der Waals surface area contributed by atoms with Gasteiger partial charge in [-0.15, -0.1) is 0 Å². The van der Waals surface area contributed by atoms with E-state index in [2.05, 4.69) is 21.2 Å².